The van der Waals surface area contributed by atoms with E-state index in [9.17, 15) is 4.79 Å². The van der Waals surface area contributed by atoms with Crippen LogP contribution in [0.25, 0.3) is 0 Å². The molecule has 0 aliphatic carbocycles. The molecule has 0 aromatic carbocycles. The van der Waals surface area contributed by atoms with E-state index in [1.165, 1.54) is 11.8 Å². The highest BCUT2D eigenvalue weighted by atomic mass is 32.2. The Morgan fingerprint density at radius 3 is 3.15 bits per heavy atom. The molecular formula is C9H14N2OS. The van der Waals surface area contributed by atoms with Gasteiger partial charge in [-0.1, -0.05) is 0 Å². The fourth-order valence-electron chi connectivity index (χ4n) is 1.52. The Morgan fingerprint density at radius 2 is 2.54 bits per heavy atom. The van der Waals surface area contributed by atoms with Gasteiger partial charge in [-0.15, -0.1) is 0 Å². The minimum atomic E-state index is 0.0551. The first-order valence-corrected chi connectivity index (χ1v) is 5.83. The van der Waals surface area contributed by atoms with Crippen molar-refractivity contribution in [2.45, 2.75) is 12.8 Å². The molecule has 13 heavy (non-hydrogen) atoms. The lowest BCUT2D eigenvalue weighted by atomic mass is 10.00. The number of rotatable bonds is 2. The van der Waals surface area contributed by atoms with Gasteiger partial charge in [-0.3, -0.25) is 4.79 Å². The molecule has 0 radical (unpaired) electrons. The number of carbonyl (C=O) groups is 1. The highest BCUT2D eigenvalue weighted by Crippen LogP contribution is 2.16. The van der Waals surface area contributed by atoms with Gasteiger partial charge in [-0.05, 0) is 19.1 Å². The fraction of sp³-hybridized carbons (Fsp3) is 0.778. The topological polar surface area (TPSA) is 44.1 Å². The summed E-state index contributed by atoms with van der Waals surface area (Å²) in [4.78, 5) is 13.3. The molecule has 1 unspecified atom stereocenters. The Morgan fingerprint density at radius 1 is 1.77 bits per heavy atom. The standard InChI is InChI=1S/C9H14N2OS/c1-13-7-9(12)11-4-2-3-8(5-10)6-11/h8H,2-4,6-7H2,1H3. The van der Waals surface area contributed by atoms with Crippen LogP contribution in [0.15, 0.2) is 0 Å². The van der Waals surface area contributed by atoms with Crippen LogP contribution in [0.5, 0.6) is 0 Å². The second-order valence-corrected chi connectivity index (χ2v) is 4.11. The summed E-state index contributed by atoms with van der Waals surface area (Å²) in [7, 11) is 0. The summed E-state index contributed by atoms with van der Waals surface area (Å²) in [5.74, 6) is 0.769. The minimum absolute atomic E-state index is 0.0551. The molecule has 1 rings (SSSR count). The zero-order valence-corrected chi connectivity index (χ0v) is 8.64. The zero-order valence-electron chi connectivity index (χ0n) is 7.82. The van der Waals surface area contributed by atoms with Crippen molar-refractivity contribution in [3.63, 3.8) is 0 Å². The lowest BCUT2D eigenvalue weighted by Gasteiger charge is -2.29. The van der Waals surface area contributed by atoms with Gasteiger partial charge in [0.1, 0.15) is 0 Å². The van der Waals surface area contributed by atoms with Crippen molar-refractivity contribution in [2.24, 2.45) is 5.92 Å². The molecule has 1 saturated heterocycles. The van der Waals surface area contributed by atoms with Crippen molar-refractivity contribution in [3.8, 4) is 6.07 Å². The second-order valence-electron chi connectivity index (χ2n) is 3.24. The highest BCUT2D eigenvalue weighted by Gasteiger charge is 2.22. The summed E-state index contributed by atoms with van der Waals surface area (Å²) in [6, 6.07) is 2.23. The van der Waals surface area contributed by atoms with E-state index in [0.29, 0.717) is 12.3 Å². The number of nitriles is 1. The first-order chi connectivity index (χ1) is 6.27. The molecule has 1 atom stereocenters. The molecule has 3 nitrogen and oxygen atoms in total. The van der Waals surface area contributed by atoms with E-state index >= 15 is 0 Å². The van der Waals surface area contributed by atoms with Gasteiger partial charge in [0, 0.05) is 13.1 Å². The summed E-state index contributed by atoms with van der Waals surface area (Å²) in [5.41, 5.74) is 0. The average molecular weight is 198 g/mol. The van der Waals surface area contributed by atoms with Crippen LogP contribution in [-0.4, -0.2) is 35.9 Å². The third-order valence-corrected chi connectivity index (χ3v) is 2.76. The summed E-state index contributed by atoms with van der Waals surface area (Å²) in [6.45, 7) is 1.47. The van der Waals surface area contributed by atoms with Crippen molar-refractivity contribution < 1.29 is 4.79 Å². The van der Waals surface area contributed by atoms with E-state index in [-0.39, 0.29) is 11.8 Å². The molecule has 1 aliphatic rings. The Labute approximate surface area is 83.1 Å². The first kappa shape index (κ1) is 10.4. The summed E-state index contributed by atoms with van der Waals surface area (Å²) < 4.78 is 0. The van der Waals surface area contributed by atoms with Gasteiger partial charge in [0.25, 0.3) is 0 Å². The zero-order chi connectivity index (χ0) is 9.68. The molecule has 0 spiro atoms. The van der Waals surface area contributed by atoms with E-state index in [4.69, 9.17) is 5.26 Å². The normalized spacial score (nSPS) is 22.5. The van der Waals surface area contributed by atoms with Crippen LogP contribution in [0.2, 0.25) is 0 Å². The second kappa shape index (κ2) is 5.13. The van der Waals surface area contributed by atoms with Crippen LogP contribution >= 0.6 is 11.8 Å². The number of hydrogen-bond donors (Lipinski definition) is 0. The van der Waals surface area contributed by atoms with E-state index in [1.807, 2.05) is 11.2 Å². The lowest BCUT2D eigenvalue weighted by molar-refractivity contribution is -0.129. The number of hydrogen-bond acceptors (Lipinski definition) is 3. The summed E-state index contributed by atoms with van der Waals surface area (Å²) in [5, 5.41) is 8.73. The van der Waals surface area contributed by atoms with E-state index in [0.717, 1.165) is 19.4 Å². The molecule has 0 N–H and O–H groups in total. The smallest absolute Gasteiger partial charge is 0.232 e. The molecule has 4 heteroatoms. The quantitative estimate of drug-likeness (QED) is 0.667. The Kier molecular flexibility index (Phi) is 4.10. The fourth-order valence-corrected chi connectivity index (χ4v) is 1.95. The van der Waals surface area contributed by atoms with Crippen LogP contribution < -0.4 is 0 Å². The molecule has 0 saturated carbocycles. The number of amides is 1. The molecule has 1 heterocycles. The lowest BCUT2D eigenvalue weighted by Crippen LogP contribution is -2.40. The maximum atomic E-state index is 11.5. The Balaban J connectivity index is 2.42. The average Bonchev–Trinajstić information content (AvgIpc) is 2.18. The van der Waals surface area contributed by atoms with E-state index in [2.05, 4.69) is 6.07 Å². The third-order valence-electron chi connectivity index (χ3n) is 2.22. The van der Waals surface area contributed by atoms with Gasteiger partial charge in [-0.2, -0.15) is 17.0 Å². The summed E-state index contributed by atoms with van der Waals surface area (Å²) >= 11 is 1.54. The SMILES string of the molecule is CSCC(=O)N1CCCC(C#N)C1. The van der Waals surface area contributed by atoms with Crippen LogP contribution in [0, 0.1) is 17.2 Å². The van der Waals surface area contributed by atoms with Crippen LogP contribution in [-0.2, 0) is 4.79 Å². The van der Waals surface area contributed by atoms with Crippen LogP contribution in [0.1, 0.15) is 12.8 Å². The summed E-state index contributed by atoms with van der Waals surface area (Å²) in [6.07, 6.45) is 3.83. The number of piperidine rings is 1. The van der Waals surface area contributed by atoms with Gasteiger partial charge in [-0.25, -0.2) is 0 Å². The highest BCUT2D eigenvalue weighted by molar-refractivity contribution is 7.99. The van der Waals surface area contributed by atoms with Gasteiger partial charge in [0.2, 0.25) is 5.91 Å². The largest absolute Gasteiger partial charge is 0.341 e. The monoisotopic (exact) mass is 198 g/mol. The van der Waals surface area contributed by atoms with Crippen molar-refractivity contribution >= 4 is 17.7 Å². The number of nitrogens with zero attached hydrogens (tertiary/aromatic N) is 2. The number of thioether (sulfide) groups is 1. The predicted octanol–water partition coefficient (Wildman–Crippen LogP) is 1.11. The van der Waals surface area contributed by atoms with Crippen molar-refractivity contribution in [3.05, 3.63) is 0 Å². The van der Waals surface area contributed by atoms with Crippen LogP contribution in [0.4, 0.5) is 0 Å². The molecular weight excluding hydrogens is 184 g/mol. The van der Waals surface area contributed by atoms with Gasteiger partial charge < -0.3 is 4.90 Å². The molecule has 1 fully saturated rings. The Hall–Kier alpha value is -0.690. The molecule has 0 aromatic rings. The molecule has 72 valence electrons. The maximum absolute atomic E-state index is 11.5. The van der Waals surface area contributed by atoms with Crippen molar-refractivity contribution in [1.29, 1.82) is 5.26 Å². The van der Waals surface area contributed by atoms with Crippen molar-refractivity contribution in [1.82, 2.24) is 4.90 Å². The van der Waals surface area contributed by atoms with E-state index in [1.54, 1.807) is 0 Å². The first-order valence-electron chi connectivity index (χ1n) is 4.44. The van der Waals surface area contributed by atoms with Crippen LogP contribution in [0.3, 0.4) is 0 Å². The molecule has 0 bridgehead atoms. The maximum Gasteiger partial charge on any atom is 0.232 e. The Bertz CT molecular complexity index is 224. The van der Waals surface area contributed by atoms with E-state index < -0.39 is 0 Å². The molecule has 1 aliphatic heterocycles. The van der Waals surface area contributed by atoms with Gasteiger partial charge >= 0.3 is 0 Å². The molecule has 0 aromatic heterocycles. The number of carbonyl (C=O) groups excluding carboxylic acids is 1. The molecule has 1 amide bonds. The minimum Gasteiger partial charge on any atom is -0.341 e. The van der Waals surface area contributed by atoms with Crippen molar-refractivity contribution in [2.75, 3.05) is 25.1 Å². The number of likely N-dealkylation sites (tertiary alicyclic amines) is 1. The van der Waals surface area contributed by atoms with Gasteiger partial charge in [0.05, 0.1) is 17.7 Å². The van der Waals surface area contributed by atoms with Gasteiger partial charge in [0.15, 0.2) is 0 Å². The predicted molar refractivity (Wildman–Crippen MR) is 53.3 cm³/mol. The third kappa shape index (κ3) is 2.92.